The van der Waals surface area contributed by atoms with E-state index in [1.54, 1.807) is 11.1 Å². The van der Waals surface area contributed by atoms with Gasteiger partial charge >= 0.3 is 6.03 Å². The maximum Gasteiger partial charge on any atom is 0.323 e. The Bertz CT molecular complexity index is 651. The molecule has 0 bridgehead atoms. The number of hydrogen-bond acceptors (Lipinski definition) is 6. The number of aromatic nitrogens is 3. The normalized spacial score (nSPS) is 15.9. The first-order valence-electron chi connectivity index (χ1n) is 6.38. The van der Waals surface area contributed by atoms with Gasteiger partial charge in [0.1, 0.15) is 5.69 Å². The van der Waals surface area contributed by atoms with Crippen LogP contribution in [0.25, 0.3) is 10.7 Å². The number of pyridine rings is 1. The van der Waals surface area contributed by atoms with Gasteiger partial charge in [0, 0.05) is 41.6 Å². The van der Waals surface area contributed by atoms with Gasteiger partial charge in [-0.2, -0.15) is 0 Å². The molecule has 0 aromatic carbocycles. The van der Waals surface area contributed by atoms with E-state index in [-0.39, 0.29) is 6.03 Å². The van der Waals surface area contributed by atoms with Crippen molar-refractivity contribution in [2.45, 2.75) is 0 Å². The first-order chi connectivity index (χ1) is 10.2. The quantitative estimate of drug-likeness (QED) is 0.897. The fraction of sp³-hybridized carbons (Fsp3) is 0.333. The highest BCUT2D eigenvalue weighted by atomic mass is 32.2. The van der Waals surface area contributed by atoms with Crippen LogP contribution in [0.15, 0.2) is 24.4 Å². The van der Waals surface area contributed by atoms with Crippen molar-refractivity contribution in [3.05, 3.63) is 24.4 Å². The second-order valence-electron chi connectivity index (χ2n) is 4.39. The Kier molecular flexibility index (Phi) is 4.20. The number of nitrogens with zero attached hydrogens (tertiary/aromatic N) is 4. The predicted molar refractivity (Wildman–Crippen MR) is 81.6 cm³/mol. The Morgan fingerprint density at radius 2 is 2.10 bits per heavy atom. The number of amides is 2. The summed E-state index contributed by atoms with van der Waals surface area (Å²) in [5.41, 5.74) is 0.726. The maximum absolute atomic E-state index is 12.1. The molecule has 0 radical (unpaired) electrons. The fourth-order valence-electron chi connectivity index (χ4n) is 1.88. The molecule has 1 aliphatic rings. The van der Waals surface area contributed by atoms with Crippen LogP contribution >= 0.6 is 11.3 Å². The first kappa shape index (κ1) is 14.1. The summed E-state index contributed by atoms with van der Waals surface area (Å²) in [6, 6.07) is 5.31. The minimum Gasteiger partial charge on any atom is -0.323 e. The second-order valence-corrected chi connectivity index (χ2v) is 7.07. The summed E-state index contributed by atoms with van der Waals surface area (Å²) in [6.07, 6.45) is 1.68. The number of urea groups is 1. The van der Waals surface area contributed by atoms with Crippen molar-refractivity contribution in [1.82, 2.24) is 20.1 Å². The van der Waals surface area contributed by atoms with Crippen LogP contribution in [0.1, 0.15) is 0 Å². The van der Waals surface area contributed by atoms with Crippen molar-refractivity contribution in [3.8, 4) is 10.7 Å². The molecule has 9 heteroatoms. The Labute approximate surface area is 127 Å². The summed E-state index contributed by atoms with van der Waals surface area (Å²) in [7, 11) is -0.800. The van der Waals surface area contributed by atoms with Crippen LogP contribution in [0.3, 0.4) is 0 Å². The molecule has 2 aromatic rings. The van der Waals surface area contributed by atoms with Crippen LogP contribution in [-0.4, -0.2) is 54.9 Å². The van der Waals surface area contributed by atoms with Crippen LogP contribution in [-0.2, 0) is 10.8 Å². The molecule has 0 atom stereocenters. The number of anilines is 1. The van der Waals surface area contributed by atoms with E-state index in [1.807, 2.05) is 18.2 Å². The second kappa shape index (κ2) is 6.27. The minimum atomic E-state index is -0.800. The lowest BCUT2D eigenvalue weighted by atomic mass is 10.4. The molecule has 0 spiro atoms. The zero-order valence-electron chi connectivity index (χ0n) is 11.1. The molecule has 7 nitrogen and oxygen atoms in total. The van der Waals surface area contributed by atoms with E-state index >= 15 is 0 Å². The summed E-state index contributed by atoms with van der Waals surface area (Å²) < 4.78 is 11.3. The van der Waals surface area contributed by atoms with Crippen molar-refractivity contribution in [3.63, 3.8) is 0 Å². The molecule has 2 amide bonds. The van der Waals surface area contributed by atoms with Gasteiger partial charge in [0.25, 0.3) is 0 Å². The van der Waals surface area contributed by atoms with Crippen LogP contribution < -0.4 is 5.32 Å². The van der Waals surface area contributed by atoms with E-state index in [2.05, 4.69) is 20.5 Å². The van der Waals surface area contributed by atoms with Gasteiger partial charge in [0.2, 0.25) is 5.13 Å². The Morgan fingerprint density at radius 1 is 1.29 bits per heavy atom. The molecule has 3 rings (SSSR count). The molecule has 0 aliphatic carbocycles. The van der Waals surface area contributed by atoms with Crippen LogP contribution in [0, 0.1) is 0 Å². The summed E-state index contributed by atoms with van der Waals surface area (Å²) in [4.78, 5) is 17.9. The van der Waals surface area contributed by atoms with Crippen molar-refractivity contribution in [2.24, 2.45) is 0 Å². The lowest BCUT2D eigenvalue weighted by molar-refractivity contribution is 0.216. The van der Waals surface area contributed by atoms with E-state index in [9.17, 15) is 9.00 Å². The lowest BCUT2D eigenvalue weighted by Gasteiger charge is -2.25. The number of nitrogens with one attached hydrogen (secondary N) is 1. The van der Waals surface area contributed by atoms with Crippen molar-refractivity contribution in [1.29, 1.82) is 0 Å². The van der Waals surface area contributed by atoms with Gasteiger partial charge in [-0.3, -0.25) is 14.5 Å². The van der Waals surface area contributed by atoms with Gasteiger partial charge in [-0.15, -0.1) is 10.2 Å². The molecule has 3 heterocycles. The third-order valence-corrected chi connectivity index (χ3v) is 5.12. The fourth-order valence-corrected chi connectivity index (χ4v) is 3.64. The molecule has 2 aromatic heterocycles. The Hall–Kier alpha value is -1.87. The van der Waals surface area contributed by atoms with Crippen LogP contribution in [0.2, 0.25) is 0 Å². The van der Waals surface area contributed by atoms with Gasteiger partial charge in [0.15, 0.2) is 5.01 Å². The number of carbonyl (C=O) groups excluding carboxylic acids is 1. The first-order valence-corrected chi connectivity index (χ1v) is 8.68. The highest BCUT2D eigenvalue weighted by molar-refractivity contribution is 7.85. The molecule has 1 N–H and O–H groups in total. The van der Waals surface area contributed by atoms with Gasteiger partial charge in [-0.1, -0.05) is 17.4 Å². The maximum atomic E-state index is 12.1. The lowest BCUT2D eigenvalue weighted by Crippen LogP contribution is -2.43. The van der Waals surface area contributed by atoms with Crippen LogP contribution in [0.4, 0.5) is 9.93 Å². The van der Waals surface area contributed by atoms with E-state index in [1.165, 1.54) is 11.3 Å². The van der Waals surface area contributed by atoms with Gasteiger partial charge in [-0.05, 0) is 12.1 Å². The average molecular weight is 323 g/mol. The SMILES string of the molecule is O=C(Nc1nnc(-c2ccccn2)s1)N1CCS(=O)CC1. The van der Waals surface area contributed by atoms with Crippen molar-refractivity contribution in [2.75, 3.05) is 29.9 Å². The highest BCUT2D eigenvalue weighted by Gasteiger charge is 2.21. The van der Waals surface area contributed by atoms with E-state index in [0.29, 0.717) is 34.7 Å². The minimum absolute atomic E-state index is 0.226. The Morgan fingerprint density at radius 3 is 2.81 bits per heavy atom. The molecule has 1 saturated heterocycles. The summed E-state index contributed by atoms with van der Waals surface area (Å²) in [5, 5.41) is 11.8. The van der Waals surface area contributed by atoms with E-state index in [4.69, 9.17) is 0 Å². The zero-order chi connectivity index (χ0) is 14.7. The third-order valence-electron chi connectivity index (χ3n) is 2.99. The average Bonchev–Trinajstić information content (AvgIpc) is 2.97. The molecule has 21 heavy (non-hydrogen) atoms. The van der Waals surface area contributed by atoms with Gasteiger partial charge in [0.05, 0.1) is 0 Å². The standard InChI is InChI=1S/C12H13N5O2S2/c18-12(17-5-7-21(19)8-6-17)14-11-16-15-10(20-11)9-3-1-2-4-13-9/h1-4H,5-8H2,(H,14,16,18). The Balaban J connectivity index is 1.65. The molecule has 0 saturated carbocycles. The largest absolute Gasteiger partial charge is 0.323 e. The third kappa shape index (κ3) is 3.42. The number of rotatable bonds is 2. The van der Waals surface area contributed by atoms with Gasteiger partial charge in [-0.25, -0.2) is 4.79 Å². The summed E-state index contributed by atoms with van der Waals surface area (Å²) in [5.74, 6) is 1.06. The molecule has 110 valence electrons. The zero-order valence-corrected chi connectivity index (χ0v) is 12.7. The summed E-state index contributed by atoms with van der Waals surface area (Å²) >= 11 is 1.28. The molecular weight excluding hydrogens is 310 g/mol. The predicted octanol–water partition coefficient (Wildman–Crippen LogP) is 1.20. The smallest absolute Gasteiger partial charge is 0.323 e. The molecular formula is C12H13N5O2S2. The molecule has 1 aliphatic heterocycles. The monoisotopic (exact) mass is 323 g/mol. The molecule has 1 fully saturated rings. The van der Waals surface area contributed by atoms with E-state index in [0.717, 1.165) is 5.69 Å². The number of carbonyl (C=O) groups is 1. The highest BCUT2D eigenvalue weighted by Crippen LogP contribution is 2.24. The van der Waals surface area contributed by atoms with Crippen molar-refractivity contribution < 1.29 is 9.00 Å². The van der Waals surface area contributed by atoms with Gasteiger partial charge < -0.3 is 4.90 Å². The summed E-state index contributed by atoms with van der Waals surface area (Å²) in [6.45, 7) is 1.01. The molecule has 0 unspecified atom stereocenters. The number of hydrogen-bond donors (Lipinski definition) is 1. The van der Waals surface area contributed by atoms with E-state index < -0.39 is 10.8 Å². The van der Waals surface area contributed by atoms with Crippen molar-refractivity contribution >= 4 is 33.3 Å². The van der Waals surface area contributed by atoms with Crippen LogP contribution in [0.5, 0.6) is 0 Å². The topological polar surface area (TPSA) is 88.1 Å².